The Balaban J connectivity index is 1.79. The molecular formula is C17H21N3O2S2. The summed E-state index contributed by atoms with van der Waals surface area (Å²) in [6, 6.07) is 0. The van der Waals surface area contributed by atoms with Crippen molar-refractivity contribution >= 4 is 39.6 Å². The summed E-state index contributed by atoms with van der Waals surface area (Å²) in [5.41, 5.74) is 2.60. The Bertz CT molecular complexity index is 792. The minimum absolute atomic E-state index is 0.0904. The van der Waals surface area contributed by atoms with Crippen LogP contribution in [0.5, 0.6) is 0 Å². The minimum Gasteiger partial charge on any atom is -0.344 e. The van der Waals surface area contributed by atoms with Crippen molar-refractivity contribution in [1.82, 2.24) is 9.88 Å². The third-order valence-electron chi connectivity index (χ3n) is 4.26. The number of nitrogens with zero attached hydrogens (tertiary/aromatic N) is 2. The Labute approximate surface area is 149 Å². The molecule has 0 saturated heterocycles. The van der Waals surface area contributed by atoms with E-state index in [1.165, 1.54) is 26.7 Å². The summed E-state index contributed by atoms with van der Waals surface area (Å²) in [6.07, 6.45) is 3.15. The fourth-order valence-electron chi connectivity index (χ4n) is 2.88. The van der Waals surface area contributed by atoms with Crippen LogP contribution in [-0.4, -0.2) is 35.8 Å². The van der Waals surface area contributed by atoms with Crippen molar-refractivity contribution in [1.29, 1.82) is 0 Å². The van der Waals surface area contributed by atoms with Crippen LogP contribution >= 0.6 is 22.7 Å². The predicted molar refractivity (Wildman–Crippen MR) is 98.3 cm³/mol. The van der Waals surface area contributed by atoms with Crippen LogP contribution in [0.25, 0.3) is 0 Å². The van der Waals surface area contributed by atoms with Crippen molar-refractivity contribution in [3.63, 3.8) is 0 Å². The number of carbonyl (C=O) groups excluding carboxylic acids is 2. The zero-order valence-electron chi connectivity index (χ0n) is 14.3. The summed E-state index contributed by atoms with van der Waals surface area (Å²) >= 11 is 2.90. The Morgan fingerprint density at radius 2 is 2.12 bits per heavy atom. The van der Waals surface area contributed by atoms with Crippen molar-refractivity contribution < 1.29 is 9.59 Å². The lowest BCUT2D eigenvalue weighted by Gasteiger charge is -2.18. The highest BCUT2D eigenvalue weighted by Crippen LogP contribution is 2.33. The van der Waals surface area contributed by atoms with Crippen LogP contribution in [0, 0.1) is 12.8 Å². The molecule has 0 fully saturated rings. The van der Waals surface area contributed by atoms with Gasteiger partial charge < -0.3 is 4.90 Å². The number of thiophene rings is 1. The molecule has 2 amide bonds. The molecule has 0 bridgehead atoms. The Morgan fingerprint density at radius 1 is 1.38 bits per heavy atom. The number of nitrogens with one attached hydrogen (secondary N) is 1. The maximum atomic E-state index is 12.6. The highest BCUT2D eigenvalue weighted by Gasteiger charge is 2.24. The fourth-order valence-corrected chi connectivity index (χ4v) is 5.11. The number of rotatable bonds is 3. The quantitative estimate of drug-likeness (QED) is 0.906. The molecule has 1 aliphatic carbocycles. The third-order valence-corrected chi connectivity index (χ3v) is 6.38. The number of fused-ring (bicyclic) bond motifs is 1. The van der Waals surface area contributed by atoms with E-state index in [-0.39, 0.29) is 11.8 Å². The molecule has 3 rings (SSSR count). The van der Waals surface area contributed by atoms with Gasteiger partial charge in [-0.05, 0) is 37.7 Å². The number of anilines is 1. The molecule has 0 aliphatic heterocycles. The summed E-state index contributed by atoms with van der Waals surface area (Å²) < 4.78 is 0. The lowest BCUT2D eigenvalue weighted by atomic mass is 9.88. The van der Waals surface area contributed by atoms with Crippen LogP contribution in [0.2, 0.25) is 0 Å². The van der Waals surface area contributed by atoms with E-state index < -0.39 is 0 Å². The molecule has 0 spiro atoms. The molecule has 0 unspecified atom stereocenters. The van der Waals surface area contributed by atoms with Gasteiger partial charge in [0.1, 0.15) is 4.88 Å². The van der Waals surface area contributed by atoms with E-state index in [0.717, 1.165) is 24.8 Å². The lowest BCUT2D eigenvalue weighted by molar-refractivity contribution is 0.0831. The van der Waals surface area contributed by atoms with Crippen LogP contribution in [0.1, 0.15) is 49.5 Å². The third kappa shape index (κ3) is 3.23. The van der Waals surface area contributed by atoms with E-state index in [1.807, 2.05) is 5.38 Å². The number of aromatic nitrogens is 1. The van der Waals surface area contributed by atoms with E-state index >= 15 is 0 Å². The molecular weight excluding hydrogens is 342 g/mol. The first kappa shape index (κ1) is 17.1. The Morgan fingerprint density at radius 3 is 2.83 bits per heavy atom. The molecule has 2 aromatic heterocycles. The topological polar surface area (TPSA) is 62.3 Å². The van der Waals surface area contributed by atoms with E-state index in [2.05, 4.69) is 17.2 Å². The summed E-state index contributed by atoms with van der Waals surface area (Å²) in [4.78, 5) is 32.5. The van der Waals surface area contributed by atoms with Gasteiger partial charge in [-0.25, -0.2) is 4.98 Å². The maximum absolute atomic E-state index is 12.6. The molecule has 1 N–H and O–H groups in total. The first-order chi connectivity index (χ1) is 11.4. The molecule has 2 aromatic rings. The van der Waals surface area contributed by atoms with Crippen LogP contribution in [0.15, 0.2) is 5.38 Å². The molecule has 5 nitrogen and oxygen atoms in total. The number of carbonyl (C=O) groups is 2. The van der Waals surface area contributed by atoms with Gasteiger partial charge in [0.25, 0.3) is 11.8 Å². The first-order valence-electron chi connectivity index (χ1n) is 7.96. The summed E-state index contributed by atoms with van der Waals surface area (Å²) in [7, 11) is 3.41. The van der Waals surface area contributed by atoms with Gasteiger partial charge in [0.15, 0.2) is 5.13 Å². The monoisotopic (exact) mass is 363 g/mol. The smallest absolute Gasteiger partial charge is 0.265 e. The summed E-state index contributed by atoms with van der Waals surface area (Å²) in [5, 5.41) is 5.29. The van der Waals surface area contributed by atoms with Gasteiger partial charge in [-0.1, -0.05) is 18.3 Å². The Kier molecular flexibility index (Phi) is 4.73. The van der Waals surface area contributed by atoms with Crippen LogP contribution in [-0.2, 0) is 12.8 Å². The average Bonchev–Trinajstić information content (AvgIpc) is 3.09. The normalized spacial score (nSPS) is 16.6. The number of amides is 2. The average molecular weight is 364 g/mol. The van der Waals surface area contributed by atoms with Crippen molar-refractivity contribution in [2.45, 2.75) is 33.1 Å². The summed E-state index contributed by atoms with van der Waals surface area (Å²) in [6.45, 7) is 4.04. The van der Waals surface area contributed by atoms with Crippen molar-refractivity contribution in [3.8, 4) is 0 Å². The second kappa shape index (κ2) is 6.64. The van der Waals surface area contributed by atoms with Gasteiger partial charge in [0.2, 0.25) is 0 Å². The van der Waals surface area contributed by atoms with Crippen LogP contribution in [0.3, 0.4) is 0 Å². The largest absolute Gasteiger partial charge is 0.344 e. The van der Waals surface area contributed by atoms with Gasteiger partial charge in [-0.3, -0.25) is 14.9 Å². The zero-order valence-corrected chi connectivity index (χ0v) is 15.9. The highest BCUT2D eigenvalue weighted by molar-refractivity contribution is 7.17. The molecule has 0 aromatic carbocycles. The molecule has 1 aliphatic rings. The van der Waals surface area contributed by atoms with E-state index in [9.17, 15) is 9.59 Å². The number of aryl methyl sites for hydroxylation is 1. The molecule has 7 heteroatoms. The van der Waals surface area contributed by atoms with E-state index in [1.54, 1.807) is 32.4 Å². The molecule has 0 saturated carbocycles. The molecule has 1 atom stereocenters. The van der Waals surface area contributed by atoms with Gasteiger partial charge in [-0.15, -0.1) is 11.3 Å². The second-order valence-corrected chi connectivity index (χ2v) is 8.45. The fraction of sp³-hybridized carbons (Fsp3) is 0.471. The van der Waals surface area contributed by atoms with E-state index in [0.29, 0.717) is 21.6 Å². The molecule has 128 valence electrons. The highest BCUT2D eigenvalue weighted by atomic mass is 32.1. The second-order valence-electron chi connectivity index (χ2n) is 6.49. The SMILES string of the molecule is Cc1nc(NC(=O)c2csc3c2CC[C@H](C)C3)sc1C(=O)N(C)C. The van der Waals surface area contributed by atoms with Gasteiger partial charge >= 0.3 is 0 Å². The molecule has 2 heterocycles. The van der Waals surface area contributed by atoms with Gasteiger partial charge in [-0.2, -0.15) is 0 Å². The number of thiazole rings is 1. The standard InChI is InChI=1S/C17H21N3O2S2/c1-9-5-6-11-12(8-23-13(11)7-9)15(21)19-17-18-10(2)14(24-17)16(22)20(3)4/h8-9H,5-7H2,1-4H3,(H,18,19,21)/t9-/m0/s1. The van der Waals surface area contributed by atoms with Crippen LogP contribution in [0.4, 0.5) is 5.13 Å². The number of hydrogen-bond acceptors (Lipinski definition) is 5. The van der Waals surface area contributed by atoms with Crippen molar-refractivity contribution in [2.75, 3.05) is 19.4 Å². The molecule has 0 radical (unpaired) electrons. The van der Waals surface area contributed by atoms with Crippen molar-refractivity contribution in [2.24, 2.45) is 5.92 Å². The zero-order chi connectivity index (χ0) is 17.4. The van der Waals surface area contributed by atoms with Crippen LogP contribution < -0.4 is 5.32 Å². The number of hydrogen-bond donors (Lipinski definition) is 1. The predicted octanol–water partition coefficient (Wildman–Crippen LogP) is 3.59. The Hall–Kier alpha value is -1.73. The lowest BCUT2D eigenvalue weighted by Crippen LogP contribution is -2.21. The maximum Gasteiger partial charge on any atom is 0.265 e. The van der Waals surface area contributed by atoms with Gasteiger partial charge in [0, 0.05) is 24.4 Å². The molecule has 24 heavy (non-hydrogen) atoms. The minimum atomic E-state index is -0.125. The van der Waals surface area contributed by atoms with Gasteiger partial charge in [0.05, 0.1) is 11.3 Å². The summed E-state index contributed by atoms with van der Waals surface area (Å²) in [5.74, 6) is 0.473. The van der Waals surface area contributed by atoms with E-state index in [4.69, 9.17) is 0 Å². The van der Waals surface area contributed by atoms with Crippen molar-refractivity contribution in [3.05, 3.63) is 32.0 Å². The first-order valence-corrected chi connectivity index (χ1v) is 9.66.